The van der Waals surface area contributed by atoms with Crippen LogP contribution in [-0.4, -0.2) is 9.55 Å². The van der Waals surface area contributed by atoms with Gasteiger partial charge in [-0.2, -0.15) is 0 Å². The Bertz CT molecular complexity index is 571. The van der Waals surface area contributed by atoms with Gasteiger partial charge in [0.2, 0.25) is 5.95 Å². The number of hydrogen-bond acceptors (Lipinski definition) is 2. The van der Waals surface area contributed by atoms with Crippen molar-refractivity contribution in [1.82, 2.24) is 9.55 Å². The summed E-state index contributed by atoms with van der Waals surface area (Å²) >= 11 is 6.15. The summed E-state index contributed by atoms with van der Waals surface area (Å²) in [5.74, 6) is 0.909. The van der Waals surface area contributed by atoms with Gasteiger partial charge in [0.25, 0.3) is 0 Å². The van der Waals surface area contributed by atoms with E-state index < -0.39 is 0 Å². The van der Waals surface area contributed by atoms with Crippen molar-refractivity contribution in [2.24, 2.45) is 0 Å². The van der Waals surface area contributed by atoms with Gasteiger partial charge in [-0.3, -0.25) is 0 Å². The van der Waals surface area contributed by atoms with Crippen molar-refractivity contribution in [1.29, 1.82) is 0 Å². The van der Waals surface area contributed by atoms with E-state index in [9.17, 15) is 0 Å². The molecule has 0 radical (unpaired) electrons. The van der Waals surface area contributed by atoms with Crippen LogP contribution in [0.3, 0.4) is 0 Å². The van der Waals surface area contributed by atoms with Gasteiger partial charge in [0.05, 0.1) is 0 Å². The van der Waals surface area contributed by atoms with E-state index in [2.05, 4.69) is 21.1 Å². The Kier molecular flexibility index (Phi) is 3.47. The third-order valence-corrected chi connectivity index (χ3v) is 4.22. The number of aromatic nitrogens is 2. The van der Waals surface area contributed by atoms with Gasteiger partial charge in [-0.05, 0) is 37.5 Å². The maximum Gasteiger partial charge on any atom is 0.207 e. The molecule has 3 rings (SSSR count). The van der Waals surface area contributed by atoms with Crippen LogP contribution in [0.1, 0.15) is 37.3 Å². The number of halogens is 1. The second-order valence-electron chi connectivity index (χ2n) is 5.19. The van der Waals surface area contributed by atoms with Gasteiger partial charge in [0.15, 0.2) is 0 Å². The van der Waals surface area contributed by atoms with E-state index >= 15 is 0 Å². The highest BCUT2D eigenvalue weighted by molar-refractivity contribution is 6.31. The highest BCUT2D eigenvalue weighted by Gasteiger charge is 2.19. The molecule has 1 aromatic heterocycles. The number of anilines is 2. The van der Waals surface area contributed by atoms with Crippen molar-refractivity contribution < 1.29 is 0 Å². The molecular weight excluding hydrogens is 258 g/mol. The third-order valence-electron chi connectivity index (χ3n) is 3.81. The first-order valence-electron chi connectivity index (χ1n) is 6.80. The molecule has 0 aliphatic heterocycles. The summed E-state index contributed by atoms with van der Waals surface area (Å²) in [7, 11) is 0. The number of nitrogens with one attached hydrogen (secondary N) is 1. The third kappa shape index (κ3) is 2.61. The van der Waals surface area contributed by atoms with E-state index in [0.29, 0.717) is 6.04 Å². The first-order chi connectivity index (χ1) is 9.24. The average molecular weight is 276 g/mol. The summed E-state index contributed by atoms with van der Waals surface area (Å²) in [6.07, 6.45) is 9.06. The van der Waals surface area contributed by atoms with Crippen LogP contribution < -0.4 is 5.32 Å². The van der Waals surface area contributed by atoms with Crippen molar-refractivity contribution in [3.63, 3.8) is 0 Å². The smallest absolute Gasteiger partial charge is 0.207 e. The van der Waals surface area contributed by atoms with Crippen LogP contribution in [0, 0.1) is 6.92 Å². The van der Waals surface area contributed by atoms with Crippen LogP contribution in [0.25, 0.3) is 0 Å². The fraction of sp³-hybridized carbons (Fsp3) is 0.400. The molecule has 4 heteroatoms. The molecule has 1 heterocycles. The number of rotatable bonds is 3. The first kappa shape index (κ1) is 12.5. The van der Waals surface area contributed by atoms with Gasteiger partial charge >= 0.3 is 0 Å². The Balaban J connectivity index is 1.83. The minimum Gasteiger partial charge on any atom is -0.326 e. The number of aryl methyl sites for hydroxylation is 1. The Morgan fingerprint density at radius 2 is 2.11 bits per heavy atom. The van der Waals surface area contributed by atoms with E-state index in [1.807, 2.05) is 31.3 Å². The van der Waals surface area contributed by atoms with Crippen molar-refractivity contribution in [2.45, 2.75) is 38.6 Å². The topological polar surface area (TPSA) is 29.9 Å². The van der Waals surface area contributed by atoms with Crippen LogP contribution in [0.5, 0.6) is 0 Å². The molecule has 1 saturated carbocycles. The van der Waals surface area contributed by atoms with Crippen molar-refractivity contribution in [3.05, 3.63) is 41.2 Å². The molecule has 0 amide bonds. The molecular formula is C15H18ClN3. The van der Waals surface area contributed by atoms with Crippen LogP contribution in [0.4, 0.5) is 11.6 Å². The zero-order chi connectivity index (χ0) is 13.2. The second kappa shape index (κ2) is 5.25. The highest BCUT2D eigenvalue weighted by atomic mass is 35.5. The first-order valence-corrected chi connectivity index (χ1v) is 7.18. The summed E-state index contributed by atoms with van der Waals surface area (Å²) in [6.45, 7) is 2.01. The second-order valence-corrected chi connectivity index (χ2v) is 5.59. The molecule has 0 bridgehead atoms. The molecule has 0 saturated heterocycles. The lowest BCUT2D eigenvalue weighted by molar-refractivity contribution is 0.525. The lowest BCUT2D eigenvalue weighted by atomic mass is 10.2. The minimum absolute atomic E-state index is 0.589. The zero-order valence-corrected chi connectivity index (χ0v) is 11.8. The molecule has 100 valence electrons. The molecule has 19 heavy (non-hydrogen) atoms. The molecule has 0 spiro atoms. The summed E-state index contributed by atoms with van der Waals surface area (Å²) < 4.78 is 2.25. The molecule has 1 N–H and O–H groups in total. The average Bonchev–Trinajstić information content (AvgIpc) is 3.04. The van der Waals surface area contributed by atoms with Crippen LogP contribution in [0.2, 0.25) is 5.02 Å². The van der Waals surface area contributed by atoms with Gasteiger partial charge in [-0.15, -0.1) is 0 Å². The summed E-state index contributed by atoms with van der Waals surface area (Å²) in [5, 5.41) is 4.15. The summed E-state index contributed by atoms with van der Waals surface area (Å²) in [6, 6.07) is 6.60. The molecule has 0 atom stereocenters. The Hall–Kier alpha value is -1.48. The molecule has 1 aliphatic carbocycles. The van der Waals surface area contributed by atoms with E-state index in [4.69, 9.17) is 11.6 Å². The summed E-state index contributed by atoms with van der Waals surface area (Å²) in [5.41, 5.74) is 2.08. The van der Waals surface area contributed by atoms with Crippen LogP contribution in [-0.2, 0) is 0 Å². The Labute approximate surface area is 118 Å². The largest absolute Gasteiger partial charge is 0.326 e. The van der Waals surface area contributed by atoms with Gasteiger partial charge in [-0.1, -0.05) is 30.5 Å². The lowest BCUT2D eigenvalue weighted by Crippen LogP contribution is -2.07. The minimum atomic E-state index is 0.589. The van der Waals surface area contributed by atoms with Crippen LogP contribution in [0.15, 0.2) is 30.6 Å². The van der Waals surface area contributed by atoms with Gasteiger partial charge in [0.1, 0.15) is 0 Å². The monoisotopic (exact) mass is 275 g/mol. The van der Waals surface area contributed by atoms with Crippen molar-refractivity contribution in [2.75, 3.05) is 5.32 Å². The van der Waals surface area contributed by atoms with E-state index in [1.54, 1.807) is 0 Å². The number of imidazole rings is 1. The number of hydrogen-bond donors (Lipinski definition) is 1. The predicted octanol–water partition coefficient (Wildman–Crippen LogP) is 4.70. The maximum absolute atomic E-state index is 6.15. The van der Waals surface area contributed by atoms with Gasteiger partial charge < -0.3 is 9.88 Å². The number of nitrogens with zero attached hydrogens (tertiary/aromatic N) is 2. The molecule has 3 nitrogen and oxygen atoms in total. The van der Waals surface area contributed by atoms with Crippen molar-refractivity contribution in [3.8, 4) is 0 Å². The predicted molar refractivity (Wildman–Crippen MR) is 79.2 cm³/mol. The molecule has 1 fully saturated rings. The molecule has 0 unspecified atom stereocenters. The molecule has 2 aromatic rings. The normalized spacial score (nSPS) is 15.9. The molecule has 1 aliphatic rings. The fourth-order valence-electron chi connectivity index (χ4n) is 2.69. The lowest BCUT2D eigenvalue weighted by Gasteiger charge is -2.16. The molecule has 1 aromatic carbocycles. The van der Waals surface area contributed by atoms with Gasteiger partial charge in [0, 0.05) is 29.1 Å². The van der Waals surface area contributed by atoms with E-state index in [0.717, 1.165) is 22.2 Å². The maximum atomic E-state index is 6.15. The Morgan fingerprint density at radius 3 is 2.84 bits per heavy atom. The van der Waals surface area contributed by atoms with E-state index in [-0.39, 0.29) is 0 Å². The fourth-order valence-corrected chi connectivity index (χ4v) is 2.87. The van der Waals surface area contributed by atoms with Crippen LogP contribution >= 0.6 is 11.6 Å². The van der Waals surface area contributed by atoms with Crippen molar-refractivity contribution >= 4 is 23.2 Å². The zero-order valence-electron chi connectivity index (χ0n) is 11.1. The standard InChI is InChI=1S/C15H18ClN3/c1-11-6-7-12(10-14(11)16)18-15-17-8-9-19(15)13-4-2-3-5-13/h6-10,13H,2-5H2,1H3,(H,17,18). The summed E-state index contributed by atoms with van der Waals surface area (Å²) in [4.78, 5) is 4.42. The Morgan fingerprint density at radius 1 is 1.32 bits per heavy atom. The van der Waals surface area contributed by atoms with Gasteiger partial charge in [-0.25, -0.2) is 4.98 Å². The number of benzene rings is 1. The SMILES string of the molecule is Cc1ccc(Nc2nccn2C2CCCC2)cc1Cl. The highest BCUT2D eigenvalue weighted by Crippen LogP contribution is 2.32. The van der Waals surface area contributed by atoms with E-state index in [1.165, 1.54) is 25.7 Å². The quantitative estimate of drug-likeness (QED) is 0.880.